The monoisotopic (exact) mass is 347 g/mol. The SMILES string of the molecule is COc1ccc(CNC(=O)CNC(=O)CC2(CN)CCCCC2)cc1. The molecular weight excluding hydrogens is 318 g/mol. The molecule has 0 unspecified atom stereocenters. The zero-order valence-electron chi connectivity index (χ0n) is 15.0. The van der Waals surface area contributed by atoms with Crippen LogP contribution in [0, 0.1) is 5.41 Å². The first kappa shape index (κ1) is 19.2. The molecule has 0 saturated heterocycles. The molecule has 6 nitrogen and oxygen atoms in total. The molecule has 2 amide bonds. The predicted octanol–water partition coefficient (Wildman–Crippen LogP) is 1.73. The molecule has 25 heavy (non-hydrogen) atoms. The van der Waals surface area contributed by atoms with Crippen molar-refractivity contribution in [1.29, 1.82) is 0 Å². The molecule has 0 spiro atoms. The topological polar surface area (TPSA) is 93.5 Å². The van der Waals surface area contributed by atoms with Crippen LogP contribution >= 0.6 is 0 Å². The zero-order chi connectivity index (χ0) is 18.1. The molecule has 2 rings (SSSR count). The van der Waals surface area contributed by atoms with Gasteiger partial charge in [0.25, 0.3) is 0 Å². The van der Waals surface area contributed by atoms with E-state index >= 15 is 0 Å². The van der Waals surface area contributed by atoms with Gasteiger partial charge in [-0.05, 0) is 42.5 Å². The quantitative estimate of drug-likeness (QED) is 0.667. The van der Waals surface area contributed by atoms with Crippen LogP contribution in [0.4, 0.5) is 0 Å². The molecule has 1 aromatic carbocycles. The van der Waals surface area contributed by atoms with E-state index in [4.69, 9.17) is 10.5 Å². The van der Waals surface area contributed by atoms with Crippen LogP contribution < -0.4 is 21.1 Å². The van der Waals surface area contributed by atoms with Crippen molar-refractivity contribution in [2.45, 2.75) is 45.1 Å². The van der Waals surface area contributed by atoms with Gasteiger partial charge in [0.1, 0.15) is 5.75 Å². The summed E-state index contributed by atoms with van der Waals surface area (Å²) in [4.78, 5) is 24.1. The van der Waals surface area contributed by atoms with Crippen LogP contribution in [0.3, 0.4) is 0 Å². The number of amides is 2. The van der Waals surface area contributed by atoms with Crippen molar-refractivity contribution in [3.63, 3.8) is 0 Å². The lowest BCUT2D eigenvalue weighted by atomic mass is 9.71. The van der Waals surface area contributed by atoms with E-state index in [-0.39, 0.29) is 23.8 Å². The van der Waals surface area contributed by atoms with Crippen molar-refractivity contribution >= 4 is 11.8 Å². The van der Waals surface area contributed by atoms with Crippen molar-refractivity contribution in [3.05, 3.63) is 29.8 Å². The third kappa shape index (κ3) is 6.05. The van der Waals surface area contributed by atoms with Gasteiger partial charge >= 0.3 is 0 Å². The minimum absolute atomic E-state index is 0.00433. The van der Waals surface area contributed by atoms with Crippen molar-refractivity contribution in [1.82, 2.24) is 10.6 Å². The Morgan fingerprint density at radius 2 is 1.76 bits per heavy atom. The van der Waals surface area contributed by atoms with Gasteiger partial charge in [-0.3, -0.25) is 9.59 Å². The van der Waals surface area contributed by atoms with E-state index in [0.29, 0.717) is 19.5 Å². The molecule has 1 aliphatic carbocycles. The molecule has 138 valence electrons. The van der Waals surface area contributed by atoms with Gasteiger partial charge < -0.3 is 21.1 Å². The third-order valence-corrected chi connectivity index (χ3v) is 4.98. The molecule has 0 radical (unpaired) electrons. The van der Waals surface area contributed by atoms with Crippen LogP contribution in [0.5, 0.6) is 5.75 Å². The largest absolute Gasteiger partial charge is 0.497 e. The molecular formula is C19H29N3O3. The molecule has 1 aliphatic rings. The summed E-state index contributed by atoms with van der Waals surface area (Å²) < 4.78 is 5.10. The van der Waals surface area contributed by atoms with Crippen LogP contribution in [0.15, 0.2) is 24.3 Å². The zero-order valence-corrected chi connectivity index (χ0v) is 15.0. The minimum atomic E-state index is -0.199. The summed E-state index contributed by atoms with van der Waals surface area (Å²) in [5.74, 6) is 0.487. The summed E-state index contributed by atoms with van der Waals surface area (Å²) in [6.07, 6.45) is 5.90. The highest BCUT2D eigenvalue weighted by molar-refractivity contribution is 5.84. The molecule has 0 aromatic heterocycles. The number of hydrogen-bond donors (Lipinski definition) is 3. The molecule has 0 bridgehead atoms. The molecule has 0 aliphatic heterocycles. The van der Waals surface area contributed by atoms with Crippen LogP contribution in [0.2, 0.25) is 0 Å². The fourth-order valence-corrected chi connectivity index (χ4v) is 3.34. The number of ether oxygens (including phenoxy) is 1. The van der Waals surface area contributed by atoms with Crippen LogP contribution in [0.1, 0.15) is 44.1 Å². The Morgan fingerprint density at radius 3 is 2.36 bits per heavy atom. The van der Waals surface area contributed by atoms with Crippen LogP contribution in [-0.2, 0) is 16.1 Å². The molecule has 1 fully saturated rings. The Hall–Kier alpha value is -2.08. The summed E-state index contributed by atoms with van der Waals surface area (Å²) in [6, 6.07) is 7.48. The number of nitrogens with one attached hydrogen (secondary N) is 2. The Morgan fingerprint density at radius 1 is 1.08 bits per heavy atom. The second kappa shape index (κ2) is 9.42. The van der Waals surface area contributed by atoms with E-state index in [2.05, 4.69) is 10.6 Å². The summed E-state index contributed by atoms with van der Waals surface area (Å²) in [5.41, 5.74) is 6.80. The lowest BCUT2D eigenvalue weighted by Gasteiger charge is -2.35. The van der Waals surface area contributed by atoms with Crippen LogP contribution in [0.25, 0.3) is 0 Å². The Bertz CT molecular complexity index is 566. The summed E-state index contributed by atoms with van der Waals surface area (Å²) in [5, 5.41) is 5.52. The molecule has 6 heteroatoms. The average Bonchev–Trinajstić information content (AvgIpc) is 2.66. The number of benzene rings is 1. The first-order valence-electron chi connectivity index (χ1n) is 8.93. The van der Waals surface area contributed by atoms with E-state index in [0.717, 1.165) is 37.0 Å². The highest BCUT2D eigenvalue weighted by Crippen LogP contribution is 2.38. The number of methoxy groups -OCH3 is 1. The van der Waals surface area contributed by atoms with E-state index in [1.807, 2.05) is 24.3 Å². The van der Waals surface area contributed by atoms with Crippen molar-refractivity contribution in [3.8, 4) is 5.75 Å². The van der Waals surface area contributed by atoms with Gasteiger partial charge in [0.2, 0.25) is 11.8 Å². The number of rotatable bonds is 8. The lowest BCUT2D eigenvalue weighted by molar-refractivity contribution is -0.127. The van der Waals surface area contributed by atoms with Crippen molar-refractivity contribution in [2.75, 3.05) is 20.2 Å². The summed E-state index contributed by atoms with van der Waals surface area (Å²) >= 11 is 0. The third-order valence-electron chi connectivity index (χ3n) is 4.98. The van der Waals surface area contributed by atoms with E-state index in [9.17, 15) is 9.59 Å². The second-order valence-electron chi connectivity index (χ2n) is 6.84. The number of nitrogens with two attached hydrogens (primary N) is 1. The standard InChI is InChI=1S/C19H29N3O3/c1-25-16-7-5-15(6-8-16)12-21-18(24)13-22-17(23)11-19(14-20)9-3-2-4-10-19/h5-8H,2-4,9-14,20H2,1H3,(H,21,24)(H,22,23). The summed E-state index contributed by atoms with van der Waals surface area (Å²) in [7, 11) is 1.61. The smallest absolute Gasteiger partial charge is 0.239 e. The normalized spacial score (nSPS) is 16.1. The Kier molecular flexibility index (Phi) is 7.25. The number of carbonyl (C=O) groups excluding carboxylic acids is 2. The minimum Gasteiger partial charge on any atom is -0.497 e. The van der Waals surface area contributed by atoms with Gasteiger partial charge in [-0.1, -0.05) is 31.4 Å². The molecule has 0 heterocycles. The Labute approximate surface area is 149 Å². The fourth-order valence-electron chi connectivity index (χ4n) is 3.34. The van der Waals surface area contributed by atoms with Crippen LogP contribution in [-0.4, -0.2) is 32.0 Å². The van der Waals surface area contributed by atoms with Gasteiger partial charge in [-0.15, -0.1) is 0 Å². The predicted molar refractivity (Wildman–Crippen MR) is 97.0 cm³/mol. The molecule has 1 aromatic rings. The van der Waals surface area contributed by atoms with Gasteiger partial charge in [0.15, 0.2) is 0 Å². The van der Waals surface area contributed by atoms with Crippen molar-refractivity contribution in [2.24, 2.45) is 11.1 Å². The van der Waals surface area contributed by atoms with E-state index in [1.165, 1.54) is 6.42 Å². The maximum Gasteiger partial charge on any atom is 0.239 e. The molecule has 4 N–H and O–H groups in total. The lowest BCUT2D eigenvalue weighted by Crippen LogP contribution is -2.41. The molecule has 1 saturated carbocycles. The second-order valence-corrected chi connectivity index (χ2v) is 6.84. The number of carbonyl (C=O) groups is 2. The summed E-state index contributed by atoms with van der Waals surface area (Å²) in [6.45, 7) is 0.950. The van der Waals surface area contributed by atoms with Crippen molar-refractivity contribution < 1.29 is 14.3 Å². The van der Waals surface area contributed by atoms with E-state index < -0.39 is 0 Å². The first-order chi connectivity index (χ1) is 12.1. The fraction of sp³-hybridized carbons (Fsp3) is 0.579. The number of hydrogen-bond acceptors (Lipinski definition) is 4. The highest BCUT2D eigenvalue weighted by atomic mass is 16.5. The average molecular weight is 347 g/mol. The van der Waals surface area contributed by atoms with Gasteiger partial charge in [0.05, 0.1) is 13.7 Å². The van der Waals surface area contributed by atoms with Gasteiger partial charge in [-0.2, -0.15) is 0 Å². The van der Waals surface area contributed by atoms with Gasteiger partial charge in [0, 0.05) is 13.0 Å². The highest BCUT2D eigenvalue weighted by Gasteiger charge is 2.32. The molecule has 0 atom stereocenters. The van der Waals surface area contributed by atoms with E-state index in [1.54, 1.807) is 7.11 Å². The maximum absolute atomic E-state index is 12.2. The maximum atomic E-state index is 12.2. The first-order valence-corrected chi connectivity index (χ1v) is 8.93. The Balaban J connectivity index is 1.70. The van der Waals surface area contributed by atoms with Gasteiger partial charge in [-0.25, -0.2) is 0 Å².